The highest BCUT2D eigenvalue weighted by atomic mass is 16.6. The molecule has 5 heteroatoms. The first kappa shape index (κ1) is 15.0. The highest BCUT2D eigenvalue weighted by Gasteiger charge is 2.31. The van der Waals surface area contributed by atoms with E-state index in [-0.39, 0.29) is 30.0 Å². The van der Waals surface area contributed by atoms with Crippen molar-refractivity contribution in [3.63, 3.8) is 0 Å². The van der Waals surface area contributed by atoms with Crippen molar-refractivity contribution < 1.29 is 19.1 Å². The molecule has 2 aliphatic carbocycles. The predicted molar refractivity (Wildman–Crippen MR) is 81.6 cm³/mol. The lowest BCUT2D eigenvalue weighted by molar-refractivity contribution is -0.117. The molecule has 0 unspecified atom stereocenters. The van der Waals surface area contributed by atoms with Crippen LogP contribution in [0.2, 0.25) is 0 Å². The fourth-order valence-electron chi connectivity index (χ4n) is 2.82. The number of esters is 1. The molecule has 5 nitrogen and oxygen atoms in total. The number of nitrogens with one attached hydrogen (secondary N) is 1. The maximum Gasteiger partial charge on any atom is 0.338 e. The summed E-state index contributed by atoms with van der Waals surface area (Å²) in [5.74, 6) is -0.200. The van der Waals surface area contributed by atoms with Gasteiger partial charge in [0.2, 0.25) is 5.91 Å². The van der Waals surface area contributed by atoms with Crippen molar-refractivity contribution in [1.29, 1.82) is 0 Å². The lowest BCUT2D eigenvalue weighted by Gasteiger charge is -2.18. The molecule has 22 heavy (non-hydrogen) atoms. The molecular weight excluding hydrogens is 282 g/mol. The van der Waals surface area contributed by atoms with Crippen LogP contribution in [0.4, 0.5) is 5.69 Å². The molecule has 1 aromatic carbocycles. The third-order valence-electron chi connectivity index (χ3n) is 4.27. The fraction of sp³-hybridized carbons (Fsp3) is 0.529. The largest absolute Gasteiger partial charge is 0.456 e. The molecule has 2 atom stereocenters. The van der Waals surface area contributed by atoms with E-state index >= 15 is 0 Å². The van der Waals surface area contributed by atoms with Crippen LogP contribution in [0.15, 0.2) is 24.3 Å². The van der Waals surface area contributed by atoms with Crippen LogP contribution in [0.25, 0.3) is 0 Å². The summed E-state index contributed by atoms with van der Waals surface area (Å²) in [6, 6.07) is 6.90. The Morgan fingerprint density at radius 3 is 2.64 bits per heavy atom. The van der Waals surface area contributed by atoms with Gasteiger partial charge >= 0.3 is 5.97 Å². The Kier molecular flexibility index (Phi) is 4.43. The van der Waals surface area contributed by atoms with Gasteiger partial charge in [-0.1, -0.05) is 6.07 Å². The SMILES string of the molecule is CO[C@H]1CCC[C@@H]1OC(=O)c1cccc(NC(=O)C2CC2)c1. The monoisotopic (exact) mass is 303 g/mol. The second-order valence-electron chi connectivity index (χ2n) is 5.99. The van der Waals surface area contributed by atoms with Gasteiger partial charge in [-0.3, -0.25) is 4.79 Å². The van der Waals surface area contributed by atoms with Crippen LogP contribution < -0.4 is 5.32 Å². The van der Waals surface area contributed by atoms with Crippen molar-refractivity contribution in [3.8, 4) is 0 Å². The summed E-state index contributed by atoms with van der Waals surface area (Å²) >= 11 is 0. The average Bonchev–Trinajstić information content (AvgIpc) is 3.28. The predicted octanol–water partition coefficient (Wildman–Crippen LogP) is 2.76. The third kappa shape index (κ3) is 3.47. The number of ether oxygens (including phenoxy) is 2. The molecule has 2 aliphatic rings. The van der Waals surface area contributed by atoms with Crippen LogP contribution >= 0.6 is 0 Å². The van der Waals surface area contributed by atoms with Gasteiger partial charge in [-0.2, -0.15) is 0 Å². The van der Waals surface area contributed by atoms with Gasteiger partial charge in [0.05, 0.1) is 11.7 Å². The highest BCUT2D eigenvalue weighted by Crippen LogP contribution is 2.30. The summed E-state index contributed by atoms with van der Waals surface area (Å²) in [6.07, 6.45) is 4.48. The smallest absolute Gasteiger partial charge is 0.338 e. The van der Waals surface area contributed by atoms with Crippen LogP contribution in [0, 0.1) is 5.92 Å². The first-order valence-corrected chi connectivity index (χ1v) is 7.82. The standard InChI is InChI=1S/C17H21NO4/c1-21-14-6-3-7-15(14)22-17(20)12-4-2-5-13(10-12)18-16(19)11-8-9-11/h2,4-5,10-11,14-15H,3,6-9H2,1H3,(H,18,19)/t14-,15-/m0/s1. The van der Waals surface area contributed by atoms with Gasteiger partial charge in [0.1, 0.15) is 6.10 Å². The van der Waals surface area contributed by atoms with Gasteiger partial charge in [-0.25, -0.2) is 4.79 Å². The Labute approximate surface area is 130 Å². The zero-order valence-corrected chi connectivity index (χ0v) is 12.7. The Morgan fingerprint density at radius 1 is 1.14 bits per heavy atom. The minimum Gasteiger partial charge on any atom is -0.456 e. The summed E-state index contributed by atoms with van der Waals surface area (Å²) in [5.41, 5.74) is 1.09. The molecule has 2 saturated carbocycles. The van der Waals surface area contributed by atoms with E-state index in [1.165, 1.54) is 0 Å². The summed E-state index contributed by atoms with van der Waals surface area (Å²) in [6.45, 7) is 0. The van der Waals surface area contributed by atoms with E-state index in [2.05, 4.69) is 5.32 Å². The normalized spacial score (nSPS) is 24.0. The van der Waals surface area contributed by atoms with Crippen molar-refractivity contribution in [3.05, 3.63) is 29.8 Å². The van der Waals surface area contributed by atoms with E-state index in [1.54, 1.807) is 31.4 Å². The van der Waals surface area contributed by atoms with E-state index in [0.717, 1.165) is 32.1 Å². The second kappa shape index (κ2) is 6.48. The first-order valence-electron chi connectivity index (χ1n) is 7.82. The summed E-state index contributed by atoms with van der Waals surface area (Å²) in [5, 5.41) is 2.84. The highest BCUT2D eigenvalue weighted by molar-refractivity contribution is 5.96. The molecule has 0 radical (unpaired) electrons. The molecule has 0 bridgehead atoms. The van der Waals surface area contributed by atoms with Crippen molar-refractivity contribution >= 4 is 17.6 Å². The van der Waals surface area contributed by atoms with Gasteiger partial charge in [-0.05, 0) is 50.3 Å². The van der Waals surface area contributed by atoms with Crippen molar-refractivity contribution in [1.82, 2.24) is 0 Å². The van der Waals surface area contributed by atoms with E-state index < -0.39 is 0 Å². The van der Waals surface area contributed by atoms with Gasteiger partial charge < -0.3 is 14.8 Å². The Hall–Kier alpha value is -1.88. The van der Waals surface area contributed by atoms with Crippen LogP contribution in [-0.4, -0.2) is 31.2 Å². The van der Waals surface area contributed by atoms with Crippen LogP contribution in [-0.2, 0) is 14.3 Å². The van der Waals surface area contributed by atoms with Crippen molar-refractivity contribution in [2.24, 2.45) is 5.92 Å². The molecule has 0 aromatic heterocycles. The van der Waals surface area contributed by atoms with Gasteiger partial charge in [0.25, 0.3) is 0 Å². The zero-order valence-electron chi connectivity index (χ0n) is 12.7. The number of carbonyl (C=O) groups is 2. The minimum absolute atomic E-state index is 0.0123. The second-order valence-corrected chi connectivity index (χ2v) is 5.99. The molecule has 0 heterocycles. The maximum absolute atomic E-state index is 12.3. The molecule has 0 saturated heterocycles. The lowest BCUT2D eigenvalue weighted by atomic mass is 10.2. The van der Waals surface area contributed by atoms with E-state index in [4.69, 9.17) is 9.47 Å². The van der Waals surface area contributed by atoms with Crippen LogP contribution in [0.3, 0.4) is 0 Å². The molecule has 2 fully saturated rings. The van der Waals surface area contributed by atoms with Crippen molar-refractivity contribution in [2.45, 2.75) is 44.3 Å². The molecule has 1 aromatic rings. The van der Waals surface area contributed by atoms with E-state index in [9.17, 15) is 9.59 Å². The third-order valence-corrected chi connectivity index (χ3v) is 4.27. The number of amides is 1. The fourth-order valence-corrected chi connectivity index (χ4v) is 2.82. The van der Waals surface area contributed by atoms with Crippen LogP contribution in [0.1, 0.15) is 42.5 Å². The molecular formula is C17H21NO4. The number of hydrogen-bond acceptors (Lipinski definition) is 4. The molecule has 1 amide bonds. The number of hydrogen-bond donors (Lipinski definition) is 1. The average molecular weight is 303 g/mol. The number of benzene rings is 1. The summed E-state index contributed by atoms with van der Waals surface area (Å²) < 4.78 is 10.9. The zero-order chi connectivity index (χ0) is 15.5. The van der Waals surface area contributed by atoms with Crippen molar-refractivity contribution in [2.75, 3.05) is 12.4 Å². The molecule has 118 valence electrons. The topological polar surface area (TPSA) is 64.6 Å². The number of carbonyl (C=O) groups excluding carboxylic acids is 2. The Balaban J connectivity index is 1.63. The molecule has 1 N–H and O–H groups in total. The lowest BCUT2D eigenvalue weighted by Crippen LogP contribution is -2.27. The maximum atomic E-state index is 12.3. The Morgan fingerprint density at radius 2 is 1.91 bits per heavy atom. The molecule has 0 spiro atoms. The van der Waals surface area contributed by atoms with Gasteiger partial charge in [-0.15, -0.1) is 0 Å². The number of rotatable bonds is 5. The molecule has 3 rings (SSSR count). The summed E-state index contributed by atoms with van der Waals surface area (Å²) in [4.78, 5) is 24.0. The van der Waals surface area contributed by atoms with E-state index in [0.29, 0.717) is 11.3 Å². The van der Waals surface area contributed by atoms with Crippen LogP contribution in [0.5, 0.6) is 0 Å². The minimum atomic E-state index is -0.364. The Bertz CT molecular complexity index is 568. The van der Waals surface area contributed by atoms with Gasteiger partial charge in [0.15, 0.2) is 0 Å². The molecule has 0 aliphatic heterocycles. The summed E-state index contributed by atoms with van der Waals surface area (Å²) in [7, 11) is 1.64. The van der Waals surface area contributed by atoms with Gasteiger partial charge in [0, 0.05) is 18.7 Å². The first-order chi connectivity index (χ1) is 10.7. The quantitative estimate of drug-likeness (QED) is 0.850. The van der Waals surface area contributed by atoms with E-state index in [1.807, 2.05) is 0 Å². The number of anilines is 1. The number of methoxy groups -OCH3 is 1.